The van der Waals surface area contributed by atoms with Gasteiger partial charge in [0.05, 0.1) is 18.7 Å². The molecule has 0 saturated carbocycles. The van der Waals surface area contributed by atoms with Crippen LogP contribution in [0.25, 0.3) is 16.8 Å². The molecule has 1 N–H and O–H groups in total. The summed E-state index contributed by atoms with van der Waals surface area (Å²) < 4.78 is 10.7. The molecule has 0 spiro atoms. The summed E-state index contributed by atoms with van der Waals surface area (Å²) in [4.78, 5) is 28.1. The highest BCUT2D eigenvalue weighted by Gasteiger charge is 2.50. The first kappa shape index (κ1) is 22.1. The molecule has 0 unspecified atom stereocenters. The van der Waals surface area contributed by atoms with Crippen LogP contribution in [0.2, 0.25) is 0 Å². The number of hydrogen-bond acceptors (Lipinski definition) is 5. The molecule has 0 bridgehead atoms. The molecule has 0 aliphatic carbocycles. The van der Waals surface area contributed by atoms with Gasteiger partial charge in [0.2, 0.25) is 6.79 Å². The summed E-state index contributed by atoms with van der Waals surface area (Å²) in [6, 6.07) is 26.5. The largest absolute Gasteiger partial charge is 0.454 e. The number of carbonyl (C=O) groups excluding carboxylic acids is 2. The van der Waals surface area contributed by atoms with Gasteiger partial charge in [-0.1, -0.05) is 72.8 Å². The van der Waals surface area contributed by atoms with E-state index in [0.717, 1.165) is 21.9 Å². The molecule has 178 valence electrons. The minimum absolute atomic E-state index is 0.172. The quantitative estimate of drug-likeness (QED) is 0.397. The number of carbonyl (C=O) groups is 2. The maximum absolute atomic E-state index is 13.6. The van der Waals surface area contributed by atoms with Crippen LogP contribution >= 0.6 is 0 Å². The number of nitrogens with zero attached hydrogens (tertiary/aromatic N) is 1. The molecule has 36 heavy (non-hydrogen) atoms. The molecule has 2 heterocycles. The number of allylic oxidation sites excluding steroid dienone is 1. The van der Waals surface area contributed by atoms with Gasteiger partial charge >= 0.3 is 0 Å². The molecule has 0 radical (unpaired) electrons. The van der Waals surface area contributed by atoms with E-state index in [9.17, 15) is 14.7 Å². The predicted molar refractivity (Wildman–Crippen MR) is 137 cm³/mol. The molecule has 0 fully saturated rings. The molecule has 6 nitrogen and oxygen atoms in total. The van der Waals surface area contributed by atoms with E-state index < -0.39 is 11.5 Å². The highest BCUT2D eigenvalue weighted by Crippen LogP contribution is 2.43. The van der Waals surface area contributed by atoms with Crippen molar-refractivity contribution in [2.75, 3.05) is 11.7 Å². The van der Waals surface area contributed by atoms with Crippen molar-refractivity contribution < 1.29 is 24.2 Å². The van der Waals surface area contributed by atoms with Crippen LogP contribution in [0.15, 0.2) is 91.0 Å². The Bertz CT molecular complexity index is 1540. The zero-order valence-corrected chi connectivity index (χ0v) is 19.4. The first-order valence-corrected chi connectivity index (χ1v) is 11.7. The third-order valence-corrected chi connectivity index (χ3v) is 6.74. The van der Waals surface area contributed by atoms with Gasteiger partial charge < -0.3 is 19.5 Å². The minimum Gasteiger partial charge on any atom is -0.454 e. The molecule has 6 heteroatoms. The van der Waals surface area contributed by atoms with E-state index in [-0.39, 0.29) is 19.0 Å². The molecule has 1 amide bonds. The summed E-state index contributed by atoms with van der Waals surface area (Å²) in [5.41, 5.74) is 0.854. The van der Waals surface area contributed by atoms with E-state index in [0.29, 0.717) is 29.3 Å². The van der Waals surface area contributed by atoms with Gasteiger partial charge in [0.15, 0.2) is 22.9 Å². The summed E-state index contributed by atoms with van der Waals surface area (Å²) in [5, 5.41) is 13.7. The predicted octanol–water partition coefficient (Wildman–Crippen LogP) is 4.98. The lowest BCUT2D eigenvalue weighted by Crippen LogP contribution is -2.41. The summed E-state index contributed by atoms with van der Waals surface area (Å²) in [5.74, 6) is 0.422. The maximum Gasteiger partial charge on any atom is 0.264 e. The monoisotopic (exact) mass is 477 g/mol. The number of ketones is 1. The highest BCUT2D eigenvalue weighted by atomic mass is 16.7. The van der Waals surface area contributed by atoms with Gasteiger partial charge in [-0.25, -0.2) is 0 Å². The number of benzene rings is 4. The lowest BCUT2D eigenvalue weighted by atomic mass is 9.89. The molecule has 4 aromatic rings. The Morgan fingerprint density at radius 1 is 0.944 bits per heavy atom. The molecule has 1 atom stereocenters. The third kappa shape index (κ3) is 3.72. The Balaban J connectivity index is 1.27. The molecule has 0 saturated heterocycles. The van der Waals surface area contributed by atoms with Crippen molar-refractivity contribution >= 4 is 34.2 Å². The van der Waals surface area contributed by atoms with Crippen molar-refractivity contribution in [3.8, 4) is 11.5 Å². The number of anilines is 1. The first-order chi connectivity index (χ1) is 17.5. The van der Waals surface area contributed by atoms with E-state index >= 15 is 0 Å². The number of para-hydroxylation sites is 1. The SMILES string of the molecule is O=C(/C=C/c1ccc2c(c1)OCO2)C[C@@]1(O)C(=O)N(Cc2cccc3ccccc23)c2ccccc21. The average Bonchev–Trinajstić information content (AvgIpc) is 3.45. The van der Waals surface area contributed by atoms with Crippen LogP contribution in [0.4, 0.5) is 5.69 Å². The topological polar surface area (TPSA) is 76.1 Å². The van der Waals surface area contributed by atoms with Crippen LogP contribution < -0.4 is 14.4 Å². The third-order valence-electron chi connectivity index (χ3n) is 6.74. The fourth-order valence-corrected chi connectivity index (χ4v) is 4.95. The van der Waals surface area contributed by atoms with Gasteiger partial charge in [0, 0.05) is 5.56 Å². The smallest absolute Gasteiger partial charge is 0.264 e. The molecular formula is C30H23NO5. The normalized spacial score (nSPS) is 18.2. The summed E-state index contributed by atoms with van der Waals surface area (Å²) >= 11 is 0. The number of hydrogen-bond donors (Lipinski definition) is 1. The van der Waals surface area contributed by atoms with E-state index in [1.807, 2.05) is 60.7 Å². The van der Waals surface area contributed by atoms with Gasteiger partial charge in [0.1, 0.15) is 0 Å². The number of rotatable bonds is 6. The lowest BCUT2D eigenvalue weighted by molar-refractivity contribution is -0.140. The van der Waals surface area contributed by atoms with Crippen molar-refractivity contribution in [2.45, 2.75) is 18.6 Å². The summed E-state index contributed by atoms with van der Waals surface area (Å²) in [7, 11) is 0. The zero-order valence-electron chi connectivity index (χ0n) is 19.4. The number of amides is 1. The van der Waals surface area contributed by atoms with Gasteiger partial charge in [-0.15, -0.1) is 0 Å². The highest BCUT2D eigenvalue weighted by molar-refractivity contribution is 6.10. The Morgan fingerprint density at radius 2 is 1.72 bits per heavy atom. The molecule has 2 aliphatic rings. The van der Waals surface area contributed by atoms with Crippen LogP contribution in [-0.2, 0) is 21.7 Å². The number of aliphatic hydroxyl groups is 1. The Morgan fingerprint density at radius 3 is 2.64 bits per heavy atom. The second-order valence-corrected chi connectivity index (χ2v) is 9.00. The maximum atomic E-state index is 13.6. The Hall–Kier alpha value is -4.42. The van der Waals surface area contributed by atoms with Crippen LogP contribution in [0, 0.1) is 0 Å². The van der Waals surface area contributed by atoms with E-state index in [2.05, 4.69) is 0 Å². The fraction of sp³-hybridized carbons (Fsp3) is 0.133. The van der Waals surface area contributed by atoms with E-state index in [4.69, 9.17) is 9.47 Å². The van der Waals surface area contributed by atoms with Crippen LogP contribution in [0.1, 0.15) is 23.1 Å². The van der Waals surface area contributed by atoms with Crippen molar-refractivity contribution in [1.29, 1.82) is 0 Å². The van der Waals surface area contributed by atoms with Crippen LogP contribution in [-0.4, -0.2) is 23.6 Å². The van der Waals surface area contributed by atoms with Crippen LogP contribution in [0.5, 0.6) is 11.5 Å². The van der Waals surface area contributed by atoms with Crippen molar-refractivity contribution in [1.82, 2.24) is 0 Å². The molecule has 6 rings (SSSR count). The van der Waals surface area contributed by atoms with Gasteiger partial charge in [-0.3, -0.25) is 9.59 Å². The molecular weight excluding hydrogens is 454 g/mol. The van der Waals surface area contributed by atoms with E-state index in [1.54, 1.807) is 35.2 Å². The number of fused-ring (bicyclic) bond motifs is 3. The van der Waals surface area contributed by atoms with Gasteiger partial charge in [0.25, 0.3) is 5.91 Å². The van der Waals surface area contributed by atoms with E-state index in [1.165, 1.54) is 6.08 Å². The molecule has 2 aliphatic heterocycles. The lowest BCUT2D eigenvalue weighted by Gasteiger charge is -2.23. The average molecular weight is 478 g/mol. The molecule has 0 aromatic heterocycles. The van der Waals surface area contributed by atoms with Crippen LogP contribution in [0.3, 0.4) is 0 Å². The zero-order chi connectivity index (χ0) is 24.7. The standard InChI is InChI=1S/C30H23NO5/c32-23(14-12-20-13-15-27-28(16-20)36-19-35-27)17-30(34)25-10-3-4-11-26(25)31(29(30)33)18-22-8-5-7-21-6-1-2-9-24(21)22/h1-16,34H,17-19H2/b14-12+/t30-/m0/s1. The Kier molecular flexibility index (Phi) is 5.31. The fourth-order valence-electron chi connectivity index (χ4n) is 4.95. The molecule has 4 aromatic carbocycles. The second kappa shape index (κ2) is 8.66. The van der Waals surface area contributed by atoms with Gasteiger partial charge in [-0.2, -0.15) is 0 Å². The van der Waals surface area contributed by atoms with Crippen molar-refractivity contribution in [2.24, 2.45) is 0 Å². The minimum atomic E-state index is -1.93. The van der Waals surface area contributed by atoms with Crippen molar-refractivity contribution in [3.05, 3.63) is 108 Å². The summed E-state index contributed by atoms with van der Waals surface area (Å²) in [6.45, 7) is 0.464. The second-order valence-electron chi connectivity index (χ2n) is 9.00. The first-order valence-electron chi connectivity index (χ1n) is 11.7. The Labute approximate surface area is 208 Å². The number of ether oxygens (including phenoxy) is 2. The summed E-state index contributed by atoms with van der Waals surface area (Å²) in [6.07, 6.45) is 2.68. The van der Waals surface area contributed by atoms with Gasteiger partial charge in [-0.05, 0) is 46.2 Å². The van der Waals surface area contributed by atoms with Crippen molar-refractivity contribution in [3.63, 3.8) is 0 Å².